The number of carbonyl (C=O) groups excluding carboxylic acids is 3. The lowest BCUT2D eigenvalue weighted by molar-refractivity contribution is -0.132. The van der Waals surface area contributed by atoms with Crippen molar-refractivity contribution < 1.29 is 24.0 Å². The molecule has 178 valence electrons. The van der Waals surface area contributed by atoms with E-state index in [2.05, 4.69) is 39.4 Å². The Hall–Kier alpha value is -2.43. The summed E-state index contributed by atoms with van der Waals surface area (Å²) in [4.78, 5) is 49.8. The topological polar surface area (TPSA) is 126 Å². The molecule has 0 aromatic carbocycles. The van der Waals surface area contributed by atoms with Crippen LogP contribution in [0.25, 0.3) is 0 Å². The Balaban J connectivity index is 2.05. The van der Waals surface area contributed by atoms with Crippen molar-refractivity contribution in [3.05, 3.63) is 28.8 Å². The van der Waals surface area contributed by atoms with Crippen molar-refractivity contribution in [2.75, 3.05) is 26.8 Å². The maximum atomic E-state index is 12.7. The third kappa shape index (κ3) is 7.61. The Labute approximate surface area is 193 Å². The minimum absolute atomic E-state index is 0.151. The number of nitrogens with one attached hydrogen (secondary N) is 3. The third-order valence-electron chi connectivity index (χ3n) is 5.09. The molecule has 3 N–H and O–H groups in total. The van der Waals surface area contributed by atoms with E-state index in [1.165, 1.54) is 13.2 Å². The number of imidazole rings is 1. The molecule has 0 aliphatic carbocycles. The van der Waals surface area contributed by atoms with Crippen LogP contribution in [0.15, 0.2) is 12.2 Å². The first kappa shape index (κ1) is 25.8. The molecular formula is C21H32ClN5O5. The van der Waals surface area contributed by atoms with Crippen molar-refractivity contribution >= 4 is 29.3 Å². The minimum Gasteiger partial charge on any atom is -0.374 e. The number of aromatic amines is 1. The molecule has 1 aliphatic rings. The number of carbonyl (C=O) groups is 3. The summed E-state index contributed by atoms with van der Waals surface area (Å²) >= 11 is 6.05. The zero-order valence-electron chi connectivity index (χ0n) is 18.9. The summed E-state index contributed by atoms with van der Waals surface area (Å²) in [6.45, 7) is 7.32. The molecule has 3 amide bonds. The van der Waals surface area contributed by atoms with Gasteiger partial charge in [-0.3, -0.25) is 19.2 Å². The van der Waals surface area contributed by atoms with Gasteiger partial charge in [0.25, 0.3) is 11.8 Å². The number of H-pyrrole nitrogens is 1. The number of halogens is 1. The number of aromatic nitrogens is 2. The van der Waals surface area contributed by atoms with Crippen LogP contribution >= 0.6 is 11.6 Å². The highest BCUT2D eigenvalue weighted by atomic mass is 35.5. The summed E-state index contributed by atoms with van der Waals surface area (Å²) in [5.74, 6) is -0.604. The molecule has 1 aromatic heterocycles. The lowest BCUT2D eigenvalue weighted by Gasteiger charge is -2.38. The number of aryl methyl sites for hydroxylation is 1. The van der Waals surface area contributed by atoms with Crippen LogP contribution in [-0.2, 0) is 25.6 Å². The highest BCUT2D eigenvalue weighted by Gasteiger charge is 2.33. The second kappa shape index (κ2) is 12.6. The normalized spacial score (nSPS) is 18.9. The number of hydroxylamine groups is 1. The Morgan fingerprint density at radius 3 is 2.72 bits per heavy atom. The van der Waals surface area contributed by atoms with Crippen molar-refractivity contribution in [3.63, 3.8) is 0 Å². The first-order valence-corrected chi connectivity index (χ1v) is 11.1. The number of amides is 3. The molecule has 1 saturated heterocycles. The van der Waals surface area contributed by atoms with Gasteiger partial charge in [-0.15, -0.1) is 0 Å². The number of nitrogens with zero attached hydrogens (tertiary/aromatic N) is 2. The molecule has 0 saturated carbocycles. The quantitative estimate of drug-likeness (QED) is 0.353. The van der Waals surface area contributed by atoms with Crippen LogP contribution in [0.5, 0.6) is 0 Å². The summed E-state index contributed by atoms with van der Waals surface area (Å²) in [6.07, 6.45) is 3.90. The van der Waals surface area contributed by atoms with Gasteiger partial charge in [0.2, 0.25) is 5.91 Å². The maximum Gasteiger partial charge on any atom is 0.287 e. The average Bonchev–Trinajstić information content (AvgIpc) is 3.13. The Kier molecular flexibility index (Phi) is 10.1. The lowest BCUT2D eigenvalue weighted by Crippen LogP contribution is -2.56. The third-order valence-corrected chi connectivity index (χ3v) is 5.40. The second-order valence-corrected chi connectivity index (χ2v) is 8.31. The van der Waals surface area contributed by atoms with Crippen molar-refractivity contribution in [3.8, 4) is 0 Å². The van der Waals surface area contributed by atoms with Crippen LogP contribution in [0, 0.1) is 5.92 Å². The predicted octanol–water partition coefficient (Wildman–Crippen LogP) is 1.62. The molecule has 32 heavy (non-hydrogen) atoms. The van der Waals surface area contributed by atoms with Gasteiger partial charge in [-0.2, -0.15) is 0 Å². The van der Waals surface area contributed by atoms with Crippen LogP contribution in [0.1, 0.15) is 49.9 Å². The molecule has 0 radical (unpaired) electrons. The van der Waals surface area contributed by atoms with Gasteiger partial charge in [0, 0.05) is 31.8 Å². The fourth-order valence-corrected chi connectivity index (χ4v) is 3.52. The van der Waals surface area contributed by atoms with E-state index in [1.54, 1.807) is 4.90 Å². The summed E-state index contributed by atoms with van der Waals surface area (Å²) in [5.41, 5.74) is 2.82. The van der Waals surface area contributed by atoms with E-state index in [9.17, 15) is 14.4 Å². The maximum absolute atomic E-state index is 12.7. The molecule has 11 heteroatoms. The highest BCUT2D eigenvalue weighted by molar-refractivity contribution is 6.30. The van der Waals surface area contributed by atoms with E-state index in [-0.39, 0.29) is 35.4 Å². The van der Waals surface area contributed by atoms with Crippen molar-refractivity contribution in [1.29, 1.82) is 0 Å². The Morgan fingerprint density at radius 1 is 1.34 bits per heavy atom. The van der Waals surface area contributed by atoms with Gasteiger partial charge in [0.1, 0.15) is 0 Å². The van der Waals surface area contributed by atoms with Gasteiger partial charge >= 0.3 is 0 Å². The van der Waals surface area contributed by atoms with Gasteiger partial charge < -0.3 is 19.9 Å². The van der Waals surface area contributed by atoms with Gasteiger partial charge in [-0.05, 0) is 25.2 Å². The Bertz CT molecular complexity index is 826. The second-order valence-electron chi connectivity index (χ2n) is 7.96. The zero-order valence-corrected chi connectivity index (χ0v) is 19.7. The van der Waals surface area contributed by atoms with Crippen LogP contribution in [0.2, 0.25) is 5.15 Å². The number of likely N-dealkylation sites (tertiary alicyclic amines) is 1. The first-order valence-electron chi connectivity index (χ1n) is 10.7. The van der Waals surface area contributed by atoms with Gasteiger partial charge in [0.15, 0.2) is 11.0 Å². The number of hydrogen-bond acceptors (Lipinski definition) is 6. The van der Waals surface area contributed by atoms with Gasteiger partial charge in [-0.1, -0.05) is 32.4 Å². The SMILES string of the molecule is CCc1[nH]c(C(=O)N[C@@H]2CCN(C(=O)C=CC(=O)NOC)C[C@@H]2OCCC(C)C)nc1Cl. The predicted molar refractivity (Wildman–Crippen MR) is 119 cm³/mol. The first-order chi connectivity index (χ1) is 15.2. The highest BCUT2D eigenvalue weighted by Crippen LogP contribution is 2.18. The molecule has 1 fully saturated rings. The van der Waals surface area contributed by atoms with Crippen LogP contribution < -0.4 is 10.8 Å². The van der Waals surface area contributed by atoms with Crippen LogP contribution in [0.4, 0.5) is 0 Å². The molecule has 10 nitrogen and oxygen atoms in total. The standard InChI is InChI=1S/C21H32ClN5O5/c1-5-14-19(22)25-20(23-14)21(30)24-15-8-10-27(12-16(15)32-11-9-13(2)3)18(29)7-6-17(28)26-31-4/h6-7,13,15-16H,5,8-12H2,1-4H3,(H,23,25)(H,24,30)(H,26,28)/t15-,16+/m1/s1. The average molecular weight is 470 g/mol. The molecule has 0 bridgehead atoms. The summed E-state index contributed by atoms with van der Waals surface area (Å²) in [7, 11) is 1.31. The smallest absolute Gasteiger partial charge is 0.287 e. The number of hydrogen-bond donors (Lipinski definition) is 3. The fraction of sp³-hybridized carbons (Fsp3) is 0.619. The molecule has 1 aliphatic heterocycles. The molecule has 2 atom stereocenters. The van der Waals surface area contributed by atoms with Crippen LogP contribution in [0.3, 0.4) is 0 Å². The molecule has 0 spiro atoms. The largest absolute Gasteiger partial charge is 0.374 e. The fourth-order valence-electron chi connectivity index (χ4n) is 3.26. The number of ether oxygens (including phenoxy) is 1. The minimum atomic E-state index is -0.531. The van der Waals surface area contributed by atoms with E-state index in [0.29, 0.717) is 37.6 Å². The number of rotatable bonds is 10. The van der Waals surface area contributed by atoms with E-state index >= 15 is 0 Å². The van der Waals surface area contributed by atoms with E-state index in [4.69, 9.17) is 16.3 Å². The Morgan fingerprint density at radius 2 is 2.09 bits per heavy atom. The van der Waals surface area contributed by atoms with Crippen molar-refractivity contribution in [2.24, 2.45) is 5.92 Å². The molecular weight excluding hydrogens is 438 g/mol. The van der Waals surface area contributed by atoms with E-state index < -0.39 is 12.0 Å². The summed E-state index contributed by atoms with van der Waals surface area (Å²) in [5, 5.41) is 3.25. The summed E-state index contributed by atoms with van der Waals surface area (Å²) in [6, 6.07) is -0.298. The van der Waals surface area contributed by atoms with Crippen molar-refractivity contribution in [1.82, 2.24) is 25.7 Å². The molecule has 0 unspecified atom stereocenters. The zero-order chi connectivity index (χ0) is 23.7. The van der Waals surface area contributed by atoms with Crippen molar-refractivity contribution in [2.45, 2.75) is 52.2 Å². The molecule has 2 heterocycles. The van der Waals surface area contributed by atoms with E-state index in [1.807, 2.05) is 6.92 Å². The summed E-state index contributed by atoms with van der Waals surface area (Å²) < 4.78 is 6.05. The molecule has 2 rings (SSSR count). The monoisotopic (exact) mass is 469 g/mol. The van der Waals surface area contributed by atoms with Crippen LogP contribution in [-0.4, -0.2) is 71.5 Å². The van der Waals surface area contributed by atoms with Gasteiger partial charge in [-0.25, -0.2) is 10.5 Å². The lowest BCUT2D eigenvalue weighted by atomic mass is 10.0. The number of piperidine rings is 1. The molecule has 1 aromatic rings. The van der Waals surface area contributed by atoms with E-state index in [0.717, 1.165) is 12.5 Å². The van der Waals surface area contributed by atoms with Gasteiger partial charge in [0.05, 0.1) is 24.9 Å².